The first kappa shape index (κ1) is 20.6. The van der Waals surface area contributed by atoms with Crippen molar-refractivity contribution >= 4 is 10.0 Å². The average molecular weight is 427 g/mol. The molecule has 0 bridgehead atoms. The van der Waals surface area contributed by atoms with Crippen LogP contribution in [0.3, 0.4) is 0 Å². The molecule has 158 valence electrons. The van der Waals surface area contributed by atoms with E-state index in [9.17, 15) is 8.42 Å². The van der Waals surface area contributed by atoms with E-state index >= 15 is 0 Å². The van der Waals surface area contributed by atoms with E-state index in [0.717, 1.165) is 28.2 Å². The van der Waals surface area contributed by atoms with E-state index in [1.165, 1.54) is 0 Å². The maximum atomic E-state index is 13.3. The second-order valence-corrected chi connectivity index (χ2v) is 9.63. The molecule has 0 saturated carbocycles. The summed E-state index contributed by atoms with van der Waals surface area (Å²) in [7, 11) is -3.52. The molecule has 3 aromatic rings. The number of para-hydroxylation sites is 1. The molecule has 1 fully saturated rings. The maximum absolute atomic E-state index is 13.3. The van der Waals surface area contributed by atoms with Gasteiger partial charge in [0.15, 0.2) is 5.82 Å². The van der Waals surface area contributed by atoms with Crippen LogP contribution in [0, 0.1) is 20.8 Å². The summed E-state index contributed by atoms with van der Waals surface area (Å²) in [5, 5.41) is 12.1. The fraction of sp³-hybridized carbons (Fsp3) is 0.381. The first-order valence-electron chi connectivity index (χ1n) is 9.99. The van der Waals surface area contributed by atoms with Crippen molar-refractivity contribution in [2.75, 3.05) is 26.2 Å². The highest BCUT2D eigenvalue weighted by atomic mass is 32.2. The second-order valence-electron chi connectivity index (χ2n) is 7.75. The van der Waals surface area contributed by atoms with E-state index in [0.29, 0.717) is 37.6 Å². The van der Waals surface area contributed by atoms with Gasteiger partial charge in [0, 0.05) is 26.2 Å². The van der Waals surface area contributed by atoms with E-state index < -0.39 is 10.0 Å². The third kappa shape index (κ3) is 4.00. The van der Waals surface area contributed by atoms with E-state index in [1.54, 1.807) is 8.99 Å². The van der Waals surface area contributed by atoms with Crippen LogP contribution < -0.4 is 0 Å². The quantitative estimate of drug-likeness (QED) is 0.621. The van der Waals surface area contributed by atoms with Crippen LogP contribution in [0.1, 0.15) is 22.5 Å². The van der Waals surface area contributed by atoms with Crippen LogP contribution >= 0.6 is 0 Å². The molecule has 0 N–H and O–H groups in total. The Morgan fingerprint density at radius 3 is 2.20 bits per heavy atom. The third-order valence-corrected chi connectivity index (χ3v) is 7.64. The second kappa shape index (κ2) is 8.25. The minimum Gasteiger partial charge on any atom is -0.293 e. The van der Waals surface area contributed by atoms with Gasteiger partial charge in [-0.05, 0) is 54.5 Å². The smallest absolute Gasteiger partial charge is 0.243 e. The molecule has 1 aromatic heterocycles. The number of rotatable bonds is 5. The third-order valence-electron chi connectivity index (χ3n) is 5.43. The molecule has 4 rings (SSSR count). The van der Waals surface area contributed by atoms with Gasteiger partial charge in [-0.15, -0.1) is 5.10 Å². The average Bonchev–Trinajstić information content (AvgIpc) is 3.16. The van der Waals surface area contributed by atoms with Crippen LogP contribution in [-0.4, -0.2) is 64.0 Å². The minimum absolute atomic E-state index is 0.439. The van der Waals surface area contributed by atoms with Crippen molar-refractivity contribution in [2.24, 2.45) is 0 Å². The first-order valence-corrected chi connectivity index (χ1v) is 11.4. The number of benzene rings is 2. The number of sulfonamides is 1. The summed E-state index contributed by atoms with van der Waals surface area (Å²) in [6.07, 6.45) is 0. The van der Waals surface area contributed by atoms with Crippen molar-refractivity contribution in [3.8, 4) is 5.69 Å². The Bertz CT molecular complexity index is 1110. The van der Waals surface area contributed by atoms with Gasteiger partial charge in [0.1, 0.15) is 0 Å². The molecule has 2 aromatic carbocycles. The molecule has 0 unspecified atom stereocenters. The summed E-state index contributed by atoms with van der Waals surface area (Å²) in [5.41, 5.74) is 3.59. The Balaban J connectivity index is 1.46. The van der Waals surface area contributed by atoms with E-state index in [-0.39, 0.29) is 0 Å². The highest BCUT2D eigenvalue weighted by Crippen LogP contribution is 2.26. The summed E-state index contributed by atoms with van der Waals surface area (Å²) in [6, 6.07) is 13.6. The number of tetrazole rings is 1. The molecule has 0 spiro atoms. The molecule has 0 atom stereocenters. The first-order chi connectivity index (χ1) is 14.4. The SMILES string of the molecule is Cc1cc(C)c(S(=O)(=O)N2CCN(Cc3nnnn3-c3ccccc3)CC2)c(C)c1. The highest BCUT2D eigenvalue weighted by Gasteiger charge is 2.31. The Labute approximate surface area is 177 Å². The molecule has 1 saturated heterocycles. The van der Waals surface area contributed by atoms with E-state index in [4.69, 9.17) is 0 Å². The normalized spacial score (nSPS) is 16.1. The van der Waals surface area contributed by atoms with Crippen LogP contribution in [0.4, 0.5) is 0 Å². The predicted molar refractivity (Wildman–Crippen MR) is 114 cm³/mol. The molecular weight excluding hydrogens is 400 g/mol. The van der Waals surface area contributed by atoms with Crippen LogP contribution in [0.25, 0.3) is 5.69 Å². The van der Waals surface area contributed by atoms with Gasteiger partial charge in [-0.2, -0.15) is 8.99 Å². The Morgan fingerprint density at radius 1 is 0.933 bits per heavy atom. The summed E-state index contributed by atoms with van der Waals surface area (Å²) in [6.45, 7) is 8.44. The molecule has 1 aliphatic heterocycles. The van der Waals surface area contributed by atoms with Gasteiger partial charge in [0.2, 0.25) is 10.0 Å². The molecule has 30 heavy (non-hydrogen) atoms. The number of aromatic nitrogens is 4. The van der Waals surface area contributed by atoms with Crippen LogP contribution in [0.2, 0.25) is 0 Å². The molecular formula is C21H26N6O2S. The lowest BCUT2D eigenvalue weighted by molar-refractivity contribution is 0.177. The molecule has 0 radical (unpaired) electrons. The summed E-state index contributed by atoms with van der Waals surface area (Å²) >= 11 is 0. The zero-order chi connectivity index (χ0) is 21.3. The maximum Gasteiger partial charge on any atom is 0.243 e. The highest BCUT2D eigenvalue weighted by molar-refractivity contribution is 7.89. The monoisotopic (exact) mass is 426 g/mol. The van der Waals surface area contributed by atoms with Crippen molar-refractivity contribution in [2.45, 2.75) is 32.2 Å². The van der Waals surface area contributed by atoms with Crippen LogP contribution in [-0.2, 0) is 16.6 Å². The molecule has 8 nitrogen and oxygen atoms in total. The number of hydrogen-bond donors (Lipinski definition) is 0. The summed E-state index contributed by atoms with van der Waals surface area (Å²) in [4.78, 5) is 2.63. The molecule has 0 aliphatic carbocycles. The summed E-state index contributed by atoms with van der Waals surface area (Å²) in [5.74, 6) is 0.739. The van der Waals surface area contributed by atoms with Crippen molar-refractivity contribution in [1.82, 2.24) is 29.4 Å². The molecule has 9 heteroatoms. The predicted octanol–water partition coefficient (Wildman–Crippen LogP) is 2.09. The zero-order valence-corrected chi connectivity index (χ0v) is 18.3. The molecule has 2 heterocycles. The van der Waals surface area contributed by atoms with Gasteiger partial charge < -0.3 is 0 Å². The van der Waals surface area contributed by atoms with Crippen molar-refractivity contribution < 1.29 is 8.42 Å². The van der Waals surface area contributed by atoms with Gasteiger partial charge in [-0.1, -0.05) is 35.9 Å². The summed E-state index contributed by atoms with van der Waals surface area (Å²) < 4.78 is 29.9. The molecule has 1 aliphatic rings. The number of piperazine rings is 1. The van der Waals surface area contributed by atoms with Gasteiger partial charge in [-0.3, -0.25) is 4.90 Å². The number of aryl methyl sites for hydroxylation is 3. The number of nitrogens with zero attached hydrogens (tertiary/aromatic N) is 6. The van der Waals surface area contributed by atoms with Gasteiger partial charge in [-0.25, -0.2) is 8.42 Å². The lowest BCUT2D eigenvalue weighted by Crippen LogP contribution is -2.48. The lowest BCUT2D eigenvalue weighted by atomic mass is 10.1. The van der Waals surface area contributed by atoms with E-state index in [1.807, 2.05) is 63.2 Å². The fourth-order valence-electron chi connectivity index (χ4n) is 4.10. The standard InChI is InChI=1S/C21H26N6O2S/c1-16-13-17(2)21(18(3)14-16)30(28,29)26-11-9-25(10-12-26)15-20-22-23-24-27(20)19-7-5-4-6-8-19/h4-8,13-14H,9-12,15H2,1-3H3. The zero-order valence-electron chi connectivity index (χ0n) is 17.5. The number of hydrogen-bond acceptors (Lipinski definition) is 6. The van der Waals surface area contributed by atoms with Gasteiger partial charge in [0.25, 0.3) is 0 Å². The van der Waals surface area contributed by atoms with Crippen LogP contribution in [0.5, 0.6) is 0 Å². The van der Waals surface area contributed by atoms with Crippen molar-refractivity contribution in [1.29, 1.82) is 0 Å². The largest absolute Gasteiger partial charge is 0.293 e. The Kier molecular flexibility index (Phi) is 5.68. The van der Waals surface area contributed by atoms with Crippen molar-refractivity contribution in [3.63, 3.8) is 0 Å². The topological polar surface area (TPSA) is 84.2 Å². The Morgan fingerprint density at radius 2 is 1.57 bits per heavy atom. The van der Waals surface area contributed by atoms with E-state index in [2.05, 4.69) is 20.4 Å². The van der Waals surface area contributed by atoms with Crippen LogP contribution in [0.15, 0.2) is 47.4 Å². The lowest BCUT2D eigenvalue weighted by Gasteiger charge is -2.34. The fourth-order valence-corrected chi connectivity index (χ4v) is 5.94. The molecule has 0 amide bonds. The Hall–Kier alpha value is -2.62. The van der Waals surface area contributed by atoms with Gasteiger partial charge >= 0.3 is 0 Å². The van der Waals surface area contributed by atoms with Crippen molar-refractivity contribution in [3.05, 3.63) is 65.0 Å². The minimum atomic E-state index is -3.52. The van der Waals surface area contributed by atoms with Gasteiger partial charge in [0.05, 0.1) is 17.1 Å².